The Bertz CT molecular complexity index is 139. The van der Waals surface area contributed by atoms with Crippen molar-refractivity contribution in [2.45, 2.75) is 12.8 Å². The van der Waals surface area contributed by atoms with Crippen molar-refractivity contribution in [3.8, 4) is 0 Å². The van der Waals surface area contributed by atoms with Crippen molar-refractivity contribution in [3.05, 3.63) is 6.92 Å². The van der Waals surface area contributed by atoms with Crippen LogP contribution in [0.15, 0.2) is 0 Å². The van der Waals surface area contributed by atoms with E-state index in [9.17, 15) is 4.79 Å². The Morgan fingerprint density at radius 3 is 2.55 bits per heavy atom. The number of nitrogens with zero attached hydrogens (tertiary/aromatic N) is 1. The van der Waals surface area contributed by atoms with Gasteiger partial charge in [0, 0.05) is 20.1 Å². The van der Waals surface area contributed by atoms with Gasteiger partial charge in [-0.25, -0.2) is 4.79 Å². The van der Waals surface area contributed by atoms with Gasteiger partial charge < -0.3 is 10.2 Å². The quantitative estimate of drug-likeness (QED) is 0.553. The van der Waals surface area contributed by atoms with E-state index in [0.717, 1.165) is 25.9 Å². The predicted molar refractivity (Wildman–Crippen MR) is 44.1 cm³/mol. The Kier molecular flexibility index (Phi) is 2.74. The Hall–Kier alpha value is -0.730. The highest BCUT2D eigenvalue weighted by Gasteiger charge is 2.18. The fraction of sp³-hybridized carbons (Fsp3) is 0.750. The summed E-state index contributed by atoms with van der Waals surface area (Å²) in [6, 6.07) is 0.0388. The zero-order valence-electron chi connectivity index (χ0n) is 6.97. The van der Waals surface area contributed by atoms with Gasteiger partial charge in [0.25, 0.3) is 0 Å². The van der Waals surface area contributed by atoms with Crippen molar-refractivity contribution in [1.29, 1.82) is 0 Å². The SMILES string of the molecule is [CH2]C1CCN(C(=O)NC)CC1. The summed E-state index contributed by atoms with van der Waals surface area (Å²) in [6.45, 7) is 5.67. The van der Waals surface area contributed by atoms with E-state index in [0.29, 0.717) is 5.92 Å². The molecule has 3 nitrogen and oxygen atoms in total. The van der Waals surface area contributed by atoms with Crippen LogP contribution >= 0.6 is 0 Å². The first-order valence-electron chi connectivity index (χ1n) is 4.03. The number of likely N-dealkylation sites (tertiary alicyclic amines) is 1. The highest BCUT2D eigenvalue weighted by molar-refractivity contribution is 5.73. The van der Waals surface area contributed by atoms with E-state index >= 15 is 0 Å². The molecule has 0 saturated carbocycles. The van der Waals surface area contributed by atoms with Crippen LogP contribution in [-0.4, -0.2) is 31.1 Å². The van der Waals surface area contributed by atoms with Crippen LogP contribution in [0.5, 0.6) is 0 Å². The van der Waals surface area contributed by atoms with E-state index in [4.69, 9.17) is 0 Å². The molecule has 1 rings (SSSR count). The lowest BCUT2D eigenvalue weighted by atomic mass is 10.00. The number of amides is 2. The van der Waals surface area contributed by atoms with Crippen LogP contribution in [0, 0.1) is 12.8 Å². The third-order valence-corrected chi connectivity index (χ3v) is 2.12. The topological polar surface area (TPSA) is 32.3 Å². The molecule has 1 N–H and O–H groups in total. The summed E-state index contributed by atoms with van der Waals surface area (Å²) in [5.74, 6) is 0.538. The third kappa shape index (κ3) is 2.10. The van der Waals surface area contributed by atoms with Crippen LogP contribution in [0.25, 0.3) is 0 Å². The van der Waals surface area contributed by atoms with Crippen molar-refractivity contribution in [2.24, 2.45) is 5.92 Å². The molecule has 0 bridgehead atoms. The van der Waals surface area contributed by atoms with E-state index < -0.39 is 0 Å². The summed E-state index contributed by atoms with van der Waals surface area (Å²) in [5, 5.41) is 2.62. The minimum atomic E-state index is 0.0388. The largest absolute Gasteiger partial charge is 0.341 e. The van der Waals surface area contributed by atoms with Crippen LogP contribution in [0.3, 0.4) is 0 Å². The molecule has 0 aromatic carbocycles. The van der Waals surface area contributed by atoms with E-state index in [-0.39, 0.29) is 6.03 Å². The number of rotatable bonds is 0. The second-order valence-electron chi connectivity index (χ2n) is 2.99. The summed E-state index contributed by atoms with van der Waals surface area (Å²) < 4.78 is 0. The van der Waals surface area contributed by atoms with Crippen molar-refractivity contribution in [3.63, 3.8) is 0 Å². The summed E-state index contributed by atoms with van der Waals surface area (Å²) >= 11 is 0. The van der Waals surface area contributed by atoms with Crippen molar-refractivity contribution >= 4 is 6.03 Å². The molecule has 1 saturated heterocycles. The molecule has 1 heterocycles. The first-order valence-corrected chi connectivity index (χ1v) is 4.03. The van der Waals surface area contributed by atoms with Crippen LogP contribution in [-0.2, 0) is 0 Å². The molecule has 3 heteroatoms. The number of nitrogens with one attached hydrogen (secondary N) is 1. The van der Waals surface area contributed by atoms with Gasteiger partial charge in [0.15, 0.2) is 0 Å². The molecule has 0 aliphatic carbocycles. The van der Waals surface area contributed by atoms with Gasteiger partial charge in [-0.3, -0.25) is 0 Å². The van der Waals surface area contributed by atoms with E-state index in [1.807, 2.05) is 4.90 Å². The lowest BCUT2D eigenvalue weighted by molar-refractivity contribution is 0.180. The van der Waals surface area contributed by atoms with E-state index in [2.05, 4.69) is 12.2 Å². The first kappa shape index (κ1) is 8.37. The zero-order valence-corrected chi connectivity index (χ0v) is 6.97. The molecule has 0 unspecified atom stereocenters. The third-order valence-electron chi connectivity index (χ3n) is 2.12. The maximum Gasteiger partial charge on any atom is 0.317 e. The van der Waals surface area contributed by atoms with Crippen LogP contribution < -0.4 is 5.32 Å². The molecule has 63 valence electrons. The van der Waals surface area contributed by atoms with Gasteiger partial charge in [-0.1, -0.05) is 6.92 Å². The summed E-state index contributed by atoms with van der Waals surface area (Å²) in [6.07, 6.45) is 2.07. The zero-order chi connectivity index (χ0) is 8.27. The van der Waals surface area contributed by atoms with Gasteiger partial charge in [0.2, 0.25) is 0 Å². The fourth-order valence-electron chi connectivity index (χ4n) is 1.29. The Morgan fingerprint density at radius 1 is 1.55 bits per heavy atom. The molecular weight excluding hydrogens is 140 g/mol. The van der Waals surface area contributed by atoms with Crippen LogP contribution in [0.4, 0.5) is 4.79 Å². The summed E-state index contributed by atoms with van der Waals surface area (Å²) in [7, 11) is 1.67. The molecule has 2 amide bonds. The average Bonchev–Trinajstić information content (AvgIpc) is 2.05. The molecule has 0 aromatic rings. The van der Waals surface area contributed by atoms with Gasteiger partial charge in [0.1, 0.15) is 0 Å². The maximum atomic E-state index is 11.1. The lowest BCUT2D eigenvalue weighted by Crippen LogP contribution is -2.42. The van der Waals surface area contributed by atoms with E-state index in [1.165, 1.54) is 0 Å². The van der Waals surface area contributed by atoms with Crippen molar-refractivity contribution in [2.75, 3.05) is 20.1 Å². The highest BCUT2D eigenvalue weighted by Crippen LogP contribution is 2.14. The number of urea groups is 1. The number of hydrogen-bond acceptors (Lipinski definition) is 1. The fourth-order valence-corrected chi connectivity index (χ4v) is 1.29. The average molecular weight is 155 g/mol. The minimum Gasteiger partial charge on any atom is -0.341 e. The van der Waals surface area contributed by atoms with Gasteiger partial charge in [-0.05, 0) is 18.8 Å². The summed E-state index contributed by atoms with van der Waals surface area (Å²) in [4.78, 5) is 12.9. The molecule has 1 fully saturated rings. The second kappa shape index (κ2) is 3.60. The maximum absolute atomic E-state index is 11.1. The number of hydrogen-bond donors (Lipinski definition) is 1. The van der Waals surface area contributed by atoms with Gasteiger partial charge in [0.05, 0.1) is 0 Å². The molecule has 1 aliphatic heterocycles. The monoisotopic (exact) mass is 155 g/mol. The standard InChI is InChI=1S/C8H15N2O/c1-7-3-5-10(6-4-7)8(11)9-2/h7H,1,3-6H2,2H3,(H,9,11). The molecule has 0 atom stereocenters. The number of carbonyl (C=O) groups excluding carboxylic acids is 1. The van der Waals surface area contributed by atoms with Gasteiger partial charge in [-0.15, -0.1) is 0 Å². The van der Waals surface area contributed by atoms with Crippen LogP contribution in [0.1, 0.15) is 12.8 Å². The Balaban J connectivity index is 2.33. The molecule has 0 aromatic heterocycles. The van der Waals surface area contributed by atoms with Gasteiger partial charge >= 0.3 is 6.03 Å². The van der Waals surface area contributed by atoms with E-state index in [1.54, 1.807) is 7.05 Å². The Labute approximate surface area is 67.8 Å². The first-order chi connectivity index (χ1) is 5.24. The summed E-state index contributed by atoms with van der Waals surface area (Å²) in [5.41, 5.74) is 0. The molecular formula is C8H15N2O. The van der Waals surface area contributed by atoms with Crippen LogP contribution in [0.2, 0.25) is 0 Å². The molecule has 0 spiro atoms. The second-order valence-corrected chi connectivity index (χ2v) is 2.99. The Morgan fingerprint density at radius 2 is 2.09 bits per heavy atom. The number of piperidine rings is 1. The van der Waals surface area contributed by atoms with Crippen molar-refractivity contribution in [1.82, 2.24) is 10.2 Å². The normalized spacial score (nSPS) is 20.0. The lowest BCUT2D eigenvalue weighted by Gasteiger charge is -2.29. The highest BCUT2D eigenvalue weighted by atomic mass is 16.2. The number of carbonyl (C=O) groups is 1. The molecule has 1 aliphatic rings. The minimum absolute atomic E-state index is 0.0388. The molecule has 1 radical (unpaired) electrons. The van der Waals surface area contributed by atoms with Crippen molar-refractivity contribution < 1.29 is 4.79 Å². The predicted octanol–water partition coefficient (Wildman–Crippen LogP) is 0.872. The smallest absolute Gasteiger partial charge is 0.317 e. The molecule has 11 heavy (non-hydrogen) atoms. The van der Waals surface area contributed by atoms with Gasteiger partial charge in [-0.2, -0.15) is 0 Å².